The highest BCUT2D eigenvalue weighted by Gasteiger charge is 2.30. The predicted molar refractivity (Wildman–Crippen MR) is 99.7 cm³/mol. The summed E-state index contributed by atoms with van der Waals surface area (Å²) in [4.78, 5) is 16.8. The molecule has 2 heterocycles. The molecule has 0 bridgehead atoms. The minimum Gasteiger partial charge on any atom is -0.369 e. The first-order chi connectivity index (χ1) is 12.1. The van der Waals surface area contributed by atoms with Gasteiger partial charge < -0.3 is 20.1 Å². The smallest absolute Gasteiger partial charge is 0.259 e. The second kappa shape index (κ2) is 7.95. The summed E-state index contributed by atoms with van der Waals surface area (Å²) in [5.74, 6) is -0.238. The van der Waals surface area contributed by atoms with Crippen LogP contribution in [0, 0.1) is 0 Å². The van der Waals surface area contributed by atoms with Crippen LogP contribution in [0.5, 0.6) is 0 Å². The van der Waals surface area contributed by atoms with Gasteiger partial charge in [-0.2, -0.15) is 0 Å². The normalized spacial score (nSPS) is 15.8. The van der Waals surface area contributed by atoms with Crippen LogP contribution in [0.25, 0.3) is 0 Å². The molecule has 0 spiro atoms. The number of anilines is 2. The molecule has 1 aliphatic heterocycles. The average molecular weight is 406 g/mol. The van der Waals surface area contributed by atoms with Crippen LogP contribution in [-0.4, -0.2) is 36.4 Å². The van der Waals surface area contributed by atoms with Gasteiger partial charge in [0, 0.05) is 29.3 Å². The second-order valence-electron chi connectivity index (χ2n) is 5.87. The Morgan fingerprint density at radius 3 is 2.68 bits per heavy atom. The molecule has 1 aromatic carbocycles. The van der Waals surface area contributed by atoms with Crippen LogP contribution in [0.1, 0.15) is 23.7 Å². The van der Waals surface area contributed by atoms with Crippen molar-refractivity contribution >= 4 is 33.3 Å². The largest absolute Gasteiger partial charge is 0.369 e. The fraction of sp³-hybridized carbons (Fsp3) is 0.333. The van der Waals surface area contributed by atoms with Crippen LogP contribution >= 0.6 is 15.9 Å². The summed E-state index contributed by atoms with van der Waals surface area (Å²) in [6.45, 7) is 3.73. The predicted octanol–water partition coefficient (Wildman–Crippen LogP) is 3.66. The Balaban J connectivity index is 1.63. The Bertz CT molecular complexity index is 731. The van der Waals surface area contributed by atoms with E-state index in [-0.39, 0.29) is 5.91 Å². The van der Waals surface area contributed by atoms with E-state index in [0.29, 0.717) is 37.6 Å². The van der Waals surface area contributed by atoms with Crippen LogP contribution in [0.4, 0.5) is 11.5 Å². The van der Waals surface area contributed by atoms with E-state index in [4.69, 9.17) is 9.47 Å². The molecule has 1 amide bonds. The fourth-order valence-electron chi connectivity index (χ4n) is 2.57. The SMILES string of the molecule is CC1(CCNc2ncccc2C(=O)Nc2ccc(Br)cc2)OCCO1. The third-order valence-electron chi connectivity index (χ3n) is 3.92. The third-order valence-corrected chi connectivity index (χ3v) is 4.45. The Labute approximate surface area is 155 Å². The number of aromatic nitrogens is 1. The van der Waals surface area contributed by atoms with Gasteiger partial charge in [0.25, 0.3) is 5.91 Å². The van der Waals surface area contributed by atoms with Crippen molar-refractivity contribution in [3.63, 3.8) is 0 Å². The maximum atomic E-state index is 12.6. The van der Waals surface area contributed by atoms with E-state index in [2.05, 4.69) is 31.5 Å². The van der Waals surface area contributed by atoms with E-state index in [0.717, 1.165) is 10.2 Å². The molecule has 2 aromatic rings. The number of carbonyl (C=O) groups excluding carboxylic acids is 1. The number of amides is 1. The Morgan fingerprint density at radius 2 is 1.96 bits per heavy atom. The lowest BCUT2D eigenvalue weighted by Gasteiger charge is -2.22. The Morgan fingerprint density at radius 1 is 1.24 bits per heavy atom. The molecule has 1 saturated heterocycles. The lowest BCUT2D eigenvalue weighted by atomic mass is 10.2. The topological polar surface area (TPSA) is 72.5 Å². The van der Waals surface area contributed by atoms with E-state index in [1.54, 1.807) is 18.3 Å². The van der Waals surface area contributed by atoms with Crippen molar-refractivity contribution in [2.24, 2.45) is 0 Å². The summed E-state index contributed by atoms with van der Waals surface area (Å²) in [5, 5.41) is 6.08. The summed E-state index contributed by atoms with van der Waals surface area (Å²) in [7, 11) is 0. The number of ether oxygens (including phenoxy) is 2. The van der Waals surface area contributed by atoms with Gasteiger partial charge in [-0.25, -0.2) is 4.98 Å². The monoisotopic (exact) mass is 405 g/mol. The molecular weight excluding hydrogens is 386 g/mol. The second-order valence-corrected chi connectivity index (χ2v) is 6.78. The molecule has 0 atom stereocenters. The van der Waals surface area contributed by atoms with Gasteiger partial charge >= 0.3 is 0 Å². The summed E-state index contributed by atoms with van der Waals surface area (Å²) in [6, 6.07) is 10.9. The molecule has 1 aromatic heterocycles. The molecule has 0 saturated carbocycles. The number of hydrogen-bond acceptors (Lipinski definition) is 5. The first kappa shape index (κ1) is 17.8. The van der Waals surface area contributed by atoms with Gasteiger partial charge in [0.15, 0.2) is 5.79 Å². The highest BCUT2D eigenvalue weighted by Crippen LogP contribution is 2.23. The zero-order chi connectivity index (χ0) is 17.7. The van der Waals surface area contributed by atoms with Crippen LogP contribution in [0.3, 0.4) is 0 Å². The highest BCUT2D eigenvalue weighted by atomic mass is 79.9. The Kier molecular flexibility index (Phi) is 5.67. The van der Waals surface area contributed by atoms with Gasteiger partial charge in [0.1, 0.15) is 5.82 Å². The number of carbonyl (C=O) groups is 1. The van der Waals surface area contributed by atoms with Gasteiger partial charge in [-0.05, 0) is 43.3 Å². The average Bonchev–Trinajstić information content (AvgIpc) is 3.04. The molecule has 0 aliphatic carbocycles. The molecule has 0 radical (unpaired) electrons. The van der Waals surface area contributed by atoms with Gasteiger partial charge in [-0.3, -0.25) is 4.79 Å². The van der Waals surface area contributed by atoms with Crippen LogP contribution in [0.2, 0.25) is 0 Å². The molecular formula is C18H20BrN3O3. The number of hydrogen-bond donors (Lipinski definition) is 2. The van der Waals surface area contributed by atoms with Crippen molar-refractivity contribution in [2.75, 3.05) is 30.4 Å². The standard InChI is InChI=1S/C18H20BrN3O3/c1-18(24-11-12-25-18)8-10-21-16-15(3-2-9-20-16)17(23)22-14-6-4-13(19)5-7-14/h2-7,9H,8,10-12H2,1H3,(H,20,21)(H,22,23). The van der Waals surface area contributed by atoms with Gasteiger partial charge in [0.05, 0.1) is 18.8 Å². The van der Waals surface area contributed by atoms with E-state index in [1.165, 1.54) is 0 Å². The number of nitrogens with one attached hydrogen (secondary N) is 2. The van der Waals surface area contributed by atoms with E-state index < -0.39 is 5.79 Å². The molecule has 1 aliphatic rings. The number of nitrogens with zero attached hydrogens (tertiary/aromatic N) is 1. The van der Waals surface area contributed by atoms with Crippen molar-refractivity contribution in [2.45, 2.75) is 19.1 Å². The summed E-state index contributed by atoms with van der Waals surface area (Å²) in [6.07, 6.45) is 2.32. The maximum Gasteiger partial charge on any atom is 0.259 e. The van der Waals surface area contributed by atoms with Crippen molar-refractivity contribution in [3.05, 3.63) is 52.6 Å². The van der Waals surface area contributed by atoms with E-state index in [9.17, 15) is 4.79 Å². The molecule has 1 fully saturated rings. The molecule has 2 N–H and O–H groups in total. The molecule has 132 valence electrons. The number of halogens is 1. The number of rotatable bonds is 6. The van der Waals surface area contributed by atoms with Crippen molar-refractivity contribution in [1.29, 1.82) is 0 Å². The quantitative estimate of drug-likeness (QED) is 0.766. The summed E-state index contributed by atoms with van der Waals surface area (Å²) < 4.78 is 12.1. The minimum absolute atomic E-state index is 0.211. The minimum atomic E-state index is -0.568. The first-order valence-electron chi connectivity index (χ1n) is 8.09. The third kappa shape index (κ3) is 4.78. The summed E-state index contributed by atoms with van der Waals surface area (Å²) >= 11 is 3.38. The maximum absolute atomic E-state index is 12.6. The Hall–Kier alpha value is -1.96. The number of pyridine rings is 1. The van der Waals surface area contributed by atoms with Crippen molar-refractivity contribution in [1.82, 2.24) is 4.98 Å². The van der Waals surface area contributed by atoms with Crippen molar-refractivity contribution < 1.29 is 14.3 Å². The number of benzene rings is 1. The molecule has 25 heavy (non-hydrogen) atoms. The molecule has 3 rings (SSSR count). The van der Waals surface area contributed by atoms with Gasteiger partial charge in [-0.1, -0.05) is 15.9 Å². The molecule has 6 nitrogen and oxygen atoms in total. The highest BCUT2D eigenvalue weighted by molar-refractivity contribution is 9.10. The van der Waals surface area contributed by atoms with Crippen LogP contribution in [-0.2, 0) is 9.47 Å². The lowest BCUT2D eigenvalue weighted by Crippen LogP contribution is -2.29. The molecule has 7 heteroatoms. The first-order valence-corrected chi connectivity index (χ1v) is 8.89. The summed E-state index contributed by atoms with van der Waals surface area (Å²) in [5.41, 5.74) is 1.21. The fourth-order valence-corrected chi connectivity index (χ4v) is 2.83. The lowest BCUT2D eigenvalue weighted by molar-refractivity contribution is -0.144. The zero-order valence-electron chi connectivity index (χ0n) is 13.9. The van der Waals surface area contributed by atoms with Crippen LogP contribution < -0.4 is 10.6 Å². The van der Waals surface area contributed by atoms with Gasteiger partial charge in [0.2, 0.25) is 0 Å². The van der Waals surface area contributed by atoms with Gasteiger partial charge in [-0.15, -0.1) is 0 Å². The van der Waals surface area contributed by atoms with E-state index >= 15 is 0 Å². The van der Waals surface area contributed by atoms with Crippen LogP contribution in [0.15, 0.2) is 47.1 Å². The van der Waals surface area contributed by atoms with E-state index in [1.807, 2.05) is 31.2 Å². The zero-order valence-corrected chi connectivity index (χ0v) is 15.5. The van der Waals surface area contributed by atoms with Crippen molar-refractivity contribution in [3.8, 4) is 0 Å². The molecule has 0 unspecified atom stereocenters.